The second-order valence-electron chi connectivity index (χ2n) is 5.15. The number of aryl methyl sites for hydroxylation is 1. The smallest absolute Gasteiger partial charge is 0.242 e. The SMILES string of the molecule is Cc1ccc(-c2cnn(CC(=O)NCc3ccco3)c2)cc1. The summed E-state index contributed by atoms with van der Waals surface area (Å²) in [7, 11) is 0. The molecular formula is C17H17N3O2. The average molecular weight is 295 g/mol. The number of amides is 1. The van der Waals surface area contributed by atoms with Crippen LogP contribution < -0.4 is 5.32 Å². The molecule has 0 spiro atoms. The van der Waals surface area contributed by atoms with E-state index in [0.29, 0.717) is 6.54 Å². The Kier molecular flexibility index (Phi) is 4.05. The number of benzene rings is 1. The molecule has 2 heterocycles. The zero-order chi connectivity index (χ0) is 15.4. The molecule has 0 aliphatic heterocycles. The van der Waals surface area contributed by atoms with Crippen LogP contribution in [0.4, 0.5) is 0 Å². The Morgan fingerprint density at radius 3 is 2.77 bits per heavy atom. The van der Waals surface area contributed by atoms with E-state index in [-0.39, 0.29) is 12.5 Å². The van der Waals surface area contributed by atoms with Gasteiger partial charge in [-0.3, -0.25) is 9.48 Å². The largest absolute Gasteiger partial charge is 0.467 e. The second-order valence-corrected chi connectivity index (χ2v) is 5.15. The van der Waals surface area contributed by atoms with Gasteiger partial charge in [0.1, 0.15) is 12.3 Å². The van der Waals surface area contributed by atoms with Gasteiger partial charge in [-0.1, -0.05) is 29.8 Å². The van der Waals surface area contributed by atoms with Crippen molar-refractivity contribution in [3.05, 3.63) is 66.4 Å². The van der Waals surface area contributed by atoms with Crippen molar-refractivity contribution in [1.82, 2.24) is 15.1 Å². The first-order valence-electron chi connectivity index (χ1n) is 7.09. The Hall–Kier alpha value is -2.82. The molecule has 0 saturated heterocycles. The number of carbonyl (C=O) groups excluding carboxylic acids is 1. The van der Waals surface area contributed by atoms with Crippen LogP contribution in [0.25, 0.3) is 11.1 Å². The average Bonchev–Trinajstić information content (AvgIpc) is 3.17. The summed E-state index contributed by atoms with van der Waals surface area (Å²) in [6.45, 7) is 2.63. The summed E-state index contributed by atoms with van der Waals surface area (Å²) < 4.78 is 6.80. The van der Waals surface area contributed by atoms with Crippen LogP contribution in [-0.4, -0.2) is 15.7 Å². The van der Waals surface area contributed by atoms with Crippen molar-refractivity contribution in [3.8, 4) is 11.1 Å². The highest BCUT2D eigenvalue weighted by atomic mass is 16.3. The molecule has 2 aromatic heterocycles. The minimum atomic E-state index is -0.102. The highest BCUT2D eigenvalue weighted by Gasteiger charge is 2.06. The summed E-state index contributed by atoms with van der Waals surface area (Å²) in [5, 5.41) is 7.03. The van der Waals surface area contributed by atoms with Gasteiger partial charge in [-0.25, -0.2) is 0 Å². The molecule has 0 radical (unpaired) electrons. The molecule has 0 bridgehead atoms. The fourth-order valence-electron chi connectivity index (χ4n) is 2.15. The number of aromatic nitrogens is 2. The Morgan fingerprint density at radius 2 is 2.05 bits per heavy atom. The summed E-state index contributed by atoms with van der Waals surface area (Å²) in [6, 6.07) is 11.8. The lowest BCUT2D eigenvalue weighted by molar-refractivity contribution is -0.122. The fourth-order valence-corrected chi connectivity index (χ4v) is 2.15. The van der Waals surface area contributed by atoms with Crippen molar-refractivity contribution in [2.24, 2.45) is 0 Å². The molecule has 1 aromatic carbocycles. The molecule has 5 heteroatoms. The first-order chi connectivity index (χ1) is 10.7. The number of nitrogens with zero attached hydrogens (tertiary/aromatic N) is 2. The lowest BCUT2D eigenvalue weighted by atomic mass is 10.1. The van der Waals surface area contributed by atoms with Crippen molar-refractivity contribution in [2.75, 3.05) is 0 Å². The van der Waals surface area contributed by atoms with Crippen LogP contribution in [0.2, 0.25) is 0 Å². The monoisotopic (exact) mass is 295 g/mol. The lowest BCUT2D eigenvalue weighted by Crippen LogP contribution is -2.27. The molecule has 3 aromatic rings. The number of carbonyl (C=O) groups is 1. The summed E-state index contributed by atoms with van der Waals surface area (Å²) >= 11 is 0. The zero-order valence-corrected chi connectivity index (χ0v) is 12.3. The molecule has 0 unspecified atom stereocenters. The van der Waals surface area contributed by atoms with Gasteiger partial charge in [-0.2, -0.15) is 5.10 Å². The molecule has 1 amide bonds. The second kappa shape index (κ2) is 6.30. The predicted molar refractivity (Wildman–Crippen MR) is 83.0 cm³/mol. The van der Waals surface area contributed by atoms with E-state index in [1.807, 2.05) is 24.4 Å². The van der Waals surface area contributed by atoms with E-state index in [1.165, 1.54) is 5.56 Å². The van der Waals surface area contributed by atoms with Gasteiger partial charge < -0.3 is 9.73 Å². The van der Waals surface area contributed by atoms with Crippen molar-refractivity contribution >= 4 is 5.91 Å². The van der Waals surface area contributed by atoms with Gasteiger partial charge >= 0.3 is 0 Å². The first kappa shape index (κ1) is 14.1. The minimum Gasteiger partial charge on any atom is -0.467 e. The Morgan fingerprint density at radius 1 is 1.23 bits per heavy atom. The van der Waals surface area contributed by atoms with Gasteiger partial charge in [0, 0.05) is 11.8 Å². The van der Waals surface area contributed by atoms with E-state index in [0.717, 1.165) is 16.9 Å². The summed E-state index contributed by atoms with van der Waals surface area (Å²) in [5.74, 6) is 0.629. The third kappa shape index (κ3) is 3.44. The summed E-state index contributed by atoms with van der Waals surface area (Å²) in [4.78, 5) is 11.9. The van der Waals surface area contributed by atoms with E-state index in [4.69, 9.17) is 4.42 Å². The zero-order valence-electron chi connectivity index (χ0n) is 12.3. The Bertz CT molecular complexity index is 743. The molecule has 0 atom stereocenters. The standard InChI is InChI=1S/C17H17N3O2/c1-13-4-6-14(7-5-13)15-9-19-20(11-15)12-17(21)18-10-16-3-2-8-22-16/h2-9,11H,10,12H2,1H3,(H,18,21). The maximum atomic E-state index is 11.9. The van der Waals surface area contributed by atoms with E-state index in [2.05, 4.69) is 29.5 Å². The van der Waals surface area contributed by atoms with E-state index >= 15 is 0 Å². The topological polar surface area (TPSA) is 60.1 Å². The number of nitrogens with one attached hydrogen (secondary N) is 1. The molecule has 22 heavy (non-hydrogen) atoms. The number of hydrogen-bond acceptors (Lipinski definition) is 3. The van der Waals surface area contributed by atoms with Gasteiger partial charge in [0.05, 0.1) is 19.0 Å². The van der Waals surface area contributed by atoms with E-state index in [1.54, 1.807) is 23.2 Å². The normalized spacial score (nSPS) is 10.6. The van der Waals surface area contributed by atoms with Gasteiger partial charge in [-0.15, -0.1) is 0 Å². The Labute approximate surface area is 128 Å². The van der Waals surface area contributed by atoms with Crippen LogP contribution in [0.15, 0.2) is 59.5 Å². The molecule has 1 N–H and O–H groups in total. The van der Waals surface area contributed by atoms with Gasteiger partial charge in [0.2, 0.25) is 5.91 Å². The molecular weight excluding hydrogens is 278 g/mol. The summed E-state index contributed by atoms with van der Waals surface area (Å²) in [6.07, 6.45) is 5.23. The minimum absolute atomic E-state index is 0.102. The van der Waals surface area contributed by atoms with Crippen LogP contribution in [-0.2, 0) is 17.9 Å². The highest BCUT2D eigenvalue weighted by Crippen LogP contribution is 2.18. The van der Waals surface area contributed by atoms with Crippen molar-refractivity contribution < 1.29 is 9.21 Å². The van der Waals surface area contributed by atoms with E-state index in [9.17, 15) is 4.79 Å². The first-order valence-corrected chi connectivity index (χ1v) is 7.09. The maximum absolute atomic E-state index is 11.9. The molecule has 3 rings (SSSR count). The molecule has 112 valence electrons. The molecule has 5 nitrogen and oxygen atoms in total. The van der Waals surface area contributed by atoms with Crippen LogP contribution in [0.5, 0.6) is 0 Å². The van der Waals surface area contributed by atoms with Crippen LogP contribution in [0, 0.1) is 6.92 Å². The molecule has 0 aliphatic carbocycles. The number of hydrogen-bond donors (Lipinski definition) is 1. The van der Waals surface area contributed by atoms with Gasteiger partial charge in [0.15, 0.2) is 0 Å². The highest BCUT2D eigenvalue weighted by molar-refractivity contribution is 5.75. The number of rotatable bonds is 5. The quantitative estimate of drug-likeness (QED) is 0.787. The van der Waals surface area contributed by atoms with Crippen molar-refractivity contribution in [1.29, 1.82) is 0 Å². The third-order valence-corrected chi connectivity index (χ3v) is 3.36. The predicted octanol–water partition coefficient (Wildman–Crippen LogP) is 2.77. The van der Waals surface area contributed by atoms with Gasteiger partial charge in [-0.05, 0) is 24.6 Å². The summed E-state index contributed by atoms with van der Waals surface area (Å²) in [5.41, 5.74) is 3.31. The van der Waals surface area contributed by atoms with Crippen LogP contribution in [0.1, 0.15) is 11.3 Å². The molecule has 0 aliphatic rings. The fraction of sp³-hybridized carbons (Fsp3) is 0.176. The van der Waals surface area contributed by atoms with Crippen LogP contribution >= 0.6 is 0 Å². The van der Waals surface area contributed by atoms with Crippen molar-refractivity contribution in [2.45, 2.75) is 20.0 Å². The maximum Gasteiger partial charge on any atom is 0.242 e. The van der Waals surface area contributed by atoms with Crippen molar-refractivity contribution in [3.63, 3.8) is 0 Å². The van der Waals surface area contributed by atoms with Gasteiger partial charge in [0.25, 0.3) is 0 Å². The lowest BCUT2D eigenvalue weighted by Gasteiger charge is -2.03. The van der Waals surface area contributed by atoms with Crippen LogP contribution in [0.3, 0.4) is 0 Å². The molecule has 0 saturated carbocycles. The Balaban J connectivity index is 1.59. The third-order valence-electron chi connectivity index (χ3n) is 3.36. The molecule has 0 fully saturated rings. The van der Waals surface area contributed by atoms with E-state index < -0.39 is 0 Å². The number of furan rings is 1.